The number of sulfone groups is 1. The summed E-state index contributed by atoms with van der Waals surface area (Å²) >= 11 is 0.972. The second kappa shape index (κ2) is 8.99. The van der Waals surface area contributed by atoms with E-state index in [1.165, 1.54) is 6.07 Å². The third kappa shape index (κ3) is 5.30. The van der Waals surface area contributed by atoms with E-state index in [0.717, 1.165) is 17.8 Å². The van der Waals surface area contributed by atoms with Crippen molar-refractivity contribution in [1.29, 1.82) is 0 Å². The fourth-order valence-electron chi connectivity index (χ4n) is 2.72. The molecule has 0 spiro atoms. The van der Waals surface area contributed by atoms with Gasteiger partial charge in [0.15, 0.2) is 0 Å². The fraction of sp³-hybridized carbons (Fsp3) is 0.389. The van der Waals surface area contributed by atoms with Crippen molar-refractivity contribution in [1.82, 2.24) is 5.32 Å². The van der Waals surface area contributed by atoms with Crippen LogP contribution in [-0.4, -0.2) is 26.4 Å². The van der Waals surface area contributed by atoms with Crippen LogP contribution in [0.1, 0.15) is 36.9 Å². The van der Waals surface area contributed by atoms with E-state index in [1.807, 2.05) is 6.92 Å². The summed E-state index contributed by atoms with van der Waals surface area (Å²) in [4.78, 5) is 13.1. The average molecular weight is 417 g/mol. The molecule has 5 nitrogen and oxygen atoms in total. The topological polar surface area (TPSA) is 89.3 Å². The maximum absolute atomic E-state index is 12.6. The zero-order chi connectivity index (χ0) is 18.7. The minimum Gasteiger partial charge on any atom is -0.345 e. The summed E-state index contributed by atoms with van der Waals surface area (Å²) in [5.74, 6) is 0.0827. The van der Waals surface area contributed by atoms with Crippen molar-refractivity contribution in [3.05, 3.63) is 47.3 Å². The lowest BCUT2D eigenvalue weighted by atomic mass is 9.90. The van der Waals surface area contributed by atoms with Gasteiger partial charge in [0, 0.05) is 6.54 Å². The van der Waals surface area contributed by atoms with Crippen LogP contribution in [0, 0.1) is 5.92 Å². The molecule has 0 fully saturated rings. The van der Waals surface area contributed by atoms with Crippen LogP contribution in [0.3, 0.4) is 0 Å². The van der Waals surface area contributed by atoms with Crippen LogP contribution in [0.2, 0.25) is 0 Å². The standard InChI is InChI=1S/C18H24N2O3S2.ClH/c1-13(2)11-18(3,12-19)20-17(21)15-9-10-16(24-15)25(22,23)14-7-5-4-6-8-14;/h4-10,13H,11-12,19H2,1-3H3,(H,20,21);1H. The molecule has 0 bridgehead atoms. The lowest BCUT2D eigenvalue weighted by molar-refractivity contribution is 0.0902. The van der Waals surface area contributed by atoms with Crippen molar-refractivity contribution in [2.75, 3.05) is 6.54 Å². The molecule has 1 unspecified atom stereocenters. The first-order valence-corrected chi connectivity index (χ1v) is 10.4. The molecular formula is C18H25ClN2O3S2. The van der Waals surface area contributed by atoms with E-state index in [4.69, 9.17) is 5.73 Å². The molecule has 3 N–H and O–H groups in total. The Kier molecular flexibility index (Phi) is 7.83. The van der Waals surface area contributed by atoms with Gasteiger partial charge in [-0.1, -0.05) is 32.0 Å². The van der Waals surface area contributed by atoms with E-state index in [2.05, 4.69) is 19.2 Å². The van der Waals surface area contributed by atoms with Crippen LogP contribution in [-0.2, 0) is 9.84 Å². The zero-order valence-electron chi connectivity index (χ0n) is 15.1. The van der Waals surface area contributed by atoms with Gasteiger partial charge in [-0.3, -0.25) is 4.79 Å². The number of carbonyl (C=O) groups excluding carboxylic acids is 1. The van der Waals surface area contributed by atoms with E-state index in [-0.39, 0.29) is 27.4 Å². The van der Waals surface area contributed by atoms with Crippen molar-refractivity contribution < 1.29 is 13.2 Å². The average Bonchev–Trinajstić information content (AvgIpc) is 3.06. The number of hydrogen-bond donors (Lipinski definition) is 2. The van der Waals surface area contributed by atoms with Gasteiger partial charge in [-0.05, 0) is 43.5 Å². The minimum atomic E-state index is -3.61. The predicted octanol–water partition coefficient (Wildman–Crippen LogP) is 3.50. The molecule has 8 heteroatoms. The molecule has 1 heterocycles. The van der Waals surface area contributed by atoms with Crippen LogP contribution in [0.4, 0.5) is 0 Å². The minimum absolute atomic E-state index is 0. The molecule has 1 aromatic carbocycles. The highest BCUT2D eigenvalue weighted by atomic mass is 35.5. The molecule has 2 aromatic rings. The Bertz CT molecular complexity index is 835. The molecule has 0 aliphatic heterocycles. The smallest absolute Gasteiger partial charge is 0.261 e. The summed E-state index contributed by atoms with van der Waals surface area (Å²) < 4.78 is 25.4. The van der Waals surface area contributed by atoms with Crippen LogP contribution in [0.15, 0.2) is 51.6 Å². The third-order valence-corrected chi connectivity index (χ3v) is 7.19. The molecule has 0 radical (unpaired) electrons. The number of halogens is 1. The number of nitrogens with two attached hydrogens (primary N) is 1. The highest BCUT2D eigenvalue weighted by molar-refractivity contribution is 7.93. The monoisotopic (exact) mass is 416 g/mol. The molecule has 1 aromatic heterocycles. The van der Waals surface area contributed by atoms with E-state index >= 15 is 0 Å². The van der Waals surface area contributed by atoms with Crippen LogP contribution in [0.25, 0.3) is 0 Å². The summed E-state index contributed by atoms with van der Waals surface area (Å²) in [6, 6.07) is 11.2. The van der Waals surface area contributed by atoms with Gasteiger partial charge in [0.05, 0.1) is 15.3 Å². The number of amides is 1. The summed E-state index contributed by atoms with van der Waals surface area (Å²) in [6.07, 6.45) is 0.746. The van der Waals surface area contributed by atoms with Gasteiger partial charge < -0.3 is 11.1 Å². The van der Waals surface area contributed by atoms with E-state index in [9.17, 15) is 13.2 Å². The number of thiophene rings is 1. The molecule has 1 atom stereocenters. The molecule has 2 rings (SSSR count). The number of rotatable bonds is 7. The molecule has 0 aliphatic rings. The Morgan fingerprint density at radius 3 is 2.35 bits per heavy atom. The molecule has 1 amide bonds. The number of hydrogen-bond acceptors (Lipinski definition) is 5. The zero-order valence-corrected chi connectivity index (χ0v) is 17.5. The Morgan fingerprint density at radius 1 is 1.19 bits per heavy atom. The third-order valence-electron chi connectivity index (χ3n) is 3.85. The predicted molar refractivity (Wildman–Crippen MR) is 108 cm³/mol. The molecule has 0 aliphatic carbocycles. The Hall–Kier alpha value is -1.41. The maximum Gasteiger partial charge on any atom is 0.261 e. The first kappa shape index (κ1) is 22.6. The van der Waals surface area contributed by atoms with Gasteiger partial charge >= 0.3 is 0 Å². The normalized spacial score (nSPS) is 13.7. The van der Waals surface area contributed by atoms with Crippen molar-refractivity contribution in [3.8, 4) is 0 Å². The second-order valence-corrected chi connectivity index (χ2v) is 10.0. The SMILES string of the molecule is CC(C)CC(C)(CN)NC(=O)c1ccc(S(=O)(=O)c2ccccc2)s1.Cl. The summed E-state index contributed by atoms with van der Waals surface area (Å²) in [6.45, 7) is 6.35. The largest absolute Gasteiger partial charge is 0.345 e. The molecular weight excluding hydrogens is 392 g/mol. The first-order valence-electron chi connectivity index (χ1n) is 8.10. The van der Waals surface area contributed by atoms with Gasteiger partial charge in [-0.25, -0.2) is 8.42 Å². The van der Waals surface area contributed by atoms with Crippen molar-refractivity contribution >= 4 is 39.5 Å². The summed E-state index contributed by atoms with van der Waals surface area (Å²) in [7, 11) is -3.61. The van der Waals surface area contributed by atoms with Crippen molar-refractivity contribution in [2.24, 2.45) is 11.7 Å². The molecule has 144 valence electrons. The number of benzene rings is 1. The second-order valence-electron chi connectivity index (χ2n) is 6.75. The van der Waals surface area contributed by atoms with Gasteiger partial charge in [0.1, 0.15) is 4.21 Å². The highest BCUT2D eigenvalue weighted by Gasteiger charge is 2.28. The molecule has 0 saturated heterocycles. The lowest BCUT2D eigenvalue weighted by Crippen LogP contribution is -2.52. The maximum atomic E-state index is 12.6. The van der Waals surface area contributed by atoms with Gasteiger partial charge in [-0.2, -0.15) is 0 Å². The van der Waals surface area contributed by atoms with Crippen LogP contribution >= 0.6 is 23.7 Å². The fourth-order valence-corrected chi connectivity index (χ4v) is 5.35. The van der Waals surface area contributed by atoms with Gasteiger partial charge in [0.2, 0.25) is 9.84 Å². The Balaban J connectivity index is 0.00000338. The van der Waals surface area contributed by atoms with E-state index in [0.29, 0.717) is 17.3 Å². The number of nitrogens with one attached hydrogen (secondary N) is 1. The van der Waals surface area contributed by atoms with Crippen molar-refractivity contribution in [2.45, 2.75) is 41.8 Å². The molecule has 26 heavy (non-hydrogen) atoms. The highest BCUT2D eigenvalue weighted by Crippen LogP contribution is 2.28. The summed E-state index contributed by atoms with van der Waals surface area (Å²) in [5.41, 5.74) is 5.30. The van der Waals surface area contributed by atoms with Crippen LogP contribution in [0.5, 0.6) is 0 Å². The Labute approximate surface area is 165 Å². The van der Waals surface area contributed by atoms with Gasteiger partial charge in [0.25, 0.3) is 5.91 Å². The quantitative estimate of drug-likeness (QED) is 0.722. The first-order chi connectivity index (χ1) is 11.7. The molecule has 0 saturated carbocycles. The van der Waals surface area contributed by atoms with E-state index in [1.54, 1.807) is 36.4 Å². The van der Waals surface area contributed by atoms with Crippen molar-refractivity contribution in [3.63, 3.8) is 0 Å². The van der Waals surface area contributed by atoms with Gasteiger partial charge in [-0.15, -0.1) is 23.7 Å². The Morgan fingerprint density at radius 2 is 1.81 bits per heavy atom. The van der Waals surface area contributed by atoms with Crippen LogP contribution < -0.4 is 11.1 Å². The van der Waals surface area contributed by atoms with E-state index < -0.39 is 15.4 Å². The number of carbonyl (C=O) groups is 1. The lowest BCUT2D eigenvalue weighted by Gasteiger charge is -2.31. The summed E-state index contributed by atoms with van der Waals surface area (Å²) in [5, 5.41) is 2.95.